The average Bonchev–Trinajstić information content (AvgIpc) is 2.86. The summed E-state index contributed by atoms with van der Waals surface area (Å²) in [7, 11) is 5.97. The van der Waals surface area contributed by atoms with Gasteiger partial charge in [0.1, 0.15) is 11.6 Å². The first-order chi connectivity index (χ1) is 16.0. The number of benzene rings is 2. The molecule has 0 aliphatic heterocycles. The first-order valence-electron chi connectivity index (χ1n) is 10.2. The lowest BCUT2D eigenvalue weighted by Crippen LogP contribution is -2.24. The SMILES string of the molecule is CC.COc1cc(/C=C/C=C(\C#N)C(=O)NCc2cc(OC)c(OC)c(OC)c2)ccc1O. The first-order valence-corrected chi connectivity index (χ1v) is 10.2. The highest BCUT2D eigenvalue weighted by Crippen LogP contribution is 2.38. The van der Waals surface area contributed by atoms with Gasteiger partial charge in [-0.1, -0.05) is 32.1 Å². The predicted molar refractivity (Wildman–Crippen MR) is 127 cm³/mol. The number of rotatable bonds is 9. The summed E-state index contributed by atoms with van der Waals surface area (Å²) >= 11 is 0. The molecule has 0 atom stereocenters. The second-order valence-electron chi connectivity index (χ2n) is 6.20. The minimum Gasteiger partial charge on any atom is -0.504 e. The lowest BCUT2D eigenvalue weighted by molar-refractivity contribution is -0.117. The molecule has 8 nitrogen and oxygen atoms in total. The van der Waals surface area contributed by atoms with Crippen molar-refractivity contribution in [2.45, 2.75) is 20.4 Å². The summed E-state index contributed by atoms with van der Waals surface area (Å²) in [6.07, 6.45) is 4.67. The van der Waals surface area contributed by atoms with Gasteiger partial charge in [0.05, 0.1) is 28.4 Å². The van der Waals surface area contributed by atoms with E-state index in [0.717, 1.165) is 5.56 Å². The molecule has 0 bridgehead atoms. The van der Waals surface area contributed by atoms with Crippen molar-refractivity contribution in [2.75, 3.05) is 28.4 Å². The van der Waals surface area contributed by atoms with Gasteiger partial charge in [-0.2, -0.15) is 5.26 Å². The Morgan fingerprint density at radius 1 is 1.00 bits per heavy atom. The third-order valence-electron chi connectivity index (χ3n) is 4.30. The summed E-state index contributed by atoms with van der Waals surface area (Å²) in [6.45, 7) is 4.16. The molecule has 176 valence electrons. The maximum atomic E-state index is 12.4. The lowest BCUT2D eigenvalue weighted by Gasteiger charge is -2.14. The number of allylic oxidation sites excluding steroid dienone is 2. The second-order valence-corrected chi connectivity index (χ2v) is 6.20. The molecule has 0 saturated carbocycles. The van der Waals surface area contributed by atoms with Crippen LogP contribution in [0.25, 0.3) is 6.08 Å². The van der Waals surface area contributed by atoms with Crippen LogP contribution in [0.1, 0.15) is 25.0 Å². The monoisotopic (exact) mass is 454 g/mol. The second kappa shape index (κ2) is 14.0. The van der Waals surface area contributed by atoms with Crippen LogP contribution >= 0.6 is 0 Å². The van der Waals surface area contributed by atoms with Crippen LogP contribution in [-0.4, -0.2) is 39.5 Å². The Hall–Kier alpha value is -4.12. The summed E-state index contributed by atoms with van der Waals surface area (Å²) in [6, 6.07) is 10.1. The van der Waals surface area contributed by atoms with Crippen LogP contribution in [0.3, 0.4) is 0 Å². The van der Waals surface area contributed by atoms with Gasteiger partial charge in [-0.25, -0.2) is 0 Å². The Labute approximate surface area is 194 Å². The van der Waals surface area contributed by atoms with E-state index in [4.69, 9.17) is 18.9 Å². The van der Waals surface area contributed by atoms with Crippen LogP contribution in [0.4, 0.5) is 0 Å². The largest absolute Gasteiger partial charge is 0.504 e. The maximum absolute atomic E-state index is 12.4. The number of phenols is 1. The highest BCUT2D eigenvalue weighted by Gasteiger charge is 2.14. The molecular formula is C25H30N2O6. The van der Waals surface area contributed by atoms with Crippen LogP contribution in [0, 0.1) is 11.3 Å². The van der Waals surface area contributed by atoms with E-state index in [1.165, 1.54) is 40.6 Å². The fourth-order valence-electron chi connectivity index (χ4n) is 2.73. The van der Waals surface area contributed by atoms with E-state index >= 15 is 0 Å². The van der Waals surface area contributed by atoms with E-state index in [1.54, 1.807) is 36.4 Å². The van der Waals surface area contributed by atoms with E-state index in [0.29, 0.717) is 28.6 Å². The van der Waals surface area contributed by atoms with Crippen molar-refractivity contribution in [3.05, 3.63) is 59.2 Å². The van der Waals surface area contributed by atoms with Crippen LogP contribution in [0.15, 0.2) is 48.1 Å². The number of ether oxygens (including phenoxy) is 4. The number of methoxy groups -OCH3 is 4. The fourth-order valence-corrected chi connectivity index (χ4v) is 2.73. The smallest absolute Gasteiger partial charge is 0.262 e. The number of hydrogen-bond donors (Lipinski definition) is 2. The summed E-state index contributed by atoms with van der Waals surface area (Å²) in [5.41, 5.74) is 1.39. The molecule has 8 heteroatoms. The molecule has 33 heavy (non-hydrogen) atoms. The number of hydrogen-bond acceptors (Lipinski definition) is 7. The quantitative estimate of drug-likeness (QED) is 0.331. The van der Waals surface area contributed by atoms with E-state index in [9.17, 15) is 15.2 Å². The average molecular weight is 455 g/mol. The molecule has 0 unspecified atom stereocenters. The zero-order chi connectivity index (χ0) is 24.8. The van der Waals surface area contributed by atoms with Crippen LogP contribution in [0.5, 0.6) is 28.7 Å². The van der Waals surface area contributed by atoms with E-state index in [2.05, 4.69) is 5.32 Å². The number of carbonyl (C=O) groups is 1. The molecule has 2 aromatic carbocycles. The highest BCUT2D eigenvalue weighted by molar-refractivity contribution is 5.97. The van der Waals surface area contributed by atoms with Crippen molar-refractivity contribution in [3.8, 4) is 34.8 Å². The Kier molecular flexibility index (Phi) is 11.5. The molecule has 2 rings (SSSR count). The van der Waals surface area contributed by atoms with Gasteiger partial charge in [0, 0.05) is 6.54 Å². The maximum Gasteiger partial charge on any atom is 0.262 e. The molecule has 2 N–H and O–H groups in total. The number of aromatic hydroxyl groups is 1. The topological polar surface area (TPSA) is 110 Å². The van der Waals surface area contributed by atoms with Crippen molar-refractivity contribution in [2.24, 2.45) is 0 Å². The van der Waals surface area contributed by atoms with Gasteiger partial charge in [0.25, 0.3) is 5.91 Å². The number of carbonyl (C=O) groups excluding carboxylic acids is 1. The van der Waals surface area contributed by atoms with E-state index in [1.807, 2.05) is 19.9 Å². The van der Waals surface area contributed by atoms with E-state index < -0.39 is 5.91 Å². The molecule has 0 fully saturated rings. The van der Waals surface area contributed by atoms with Gasteiger partial charge >= 0.3 is 0 Å². The molecule has 2 aromatic rings. The Balaban J connectivity index is 0.00000265. The normalized spacial score (nSPS) is 10.5. The standard InChI is InChI=1S/C23H24N2O6.C2H6/c1-28-19-10-15(8-9-18(19)26)6-5-7-17(13-24)23(27)25-14-16-11-20(29-2)22(31-4)21(12-16)30-3;1-2/h5-12,26H,14H2,1-4H3,(H,25,27);1-2H3/b6-5+,17-7+;. The highest BCUT2D eigenvalue weighted by atomic mass is 16.5. The molecule has 0 radical (unpaired) electrons. The van der Waals surface area contributed by atoms with Crippen LogP contribution in [-0.2, 0) is 11.3 Å². The molecule has 0 aromatic heterocycles. The Morgan fingerprint density at radius 3 is 2.12 bits per heavy atom. The Bertz CT molecular complexity index is 1010. The van der Waals surface area contributed by atoms with Crippen LogP contribution in [0.2, 0.25) is 0 Å². The number of phenolic OH excluding ortho intramolecular Hbond substituents is 1. The molecule has 1 amide bonds. The van der Waals surface area contributed by atoms with Crippen LogP contribution < -0.4 is 24.3 Å². The zero-order valence-electron chi connectivity index (χ0n) is 19.8. The summed E-state index contributed by atoms with van der Waals surface area (Å²) in [5, 5.41) is 21.6. The first kappa shape index (κ1) is 26.9. The van der Waals surface area contributed by atoms with Crippen molar-refractivity contribution in [1.82, 2.24) is 5.32 Å². The van der Waals surface area contributed by atoms with Crippen molar-refractivity contribution in [1.29, 1.82) is 5.26 Å². The van der Waals surface area contributed by atoms with E-state index in [-0.39, 0.29) is 17.9 Å². The number of nitriles is 1. The fraction of sp³-hybridized carbons (Fsp3) is 0.280. The van der Waals surface area contributed by atoms with Gasteiger partial charge in [0.2, 0.25) is 5.75 Å². The number of nitrogens with zero attached hydrogens (tertiary/aromatic N) is 1. The summed E-state index contributed by atoms with van der Waals surface area (Å²) in [4.78, 5) is 12.4. The van der Waals surface area contributed by atoms with Crippen molar-refractivity contribution >= 4 is 12.0 Å². The molecule has 0 saturated heterocycles. The Morgan fingerprint density at radius 2 is 1.61 bits per heavy atom. The van der Waals surface area contributed by atoms with Gasteiger partial charge < -0.3 is 29.4 Å². The van der Waals surface area contributed by atoms with Gasteiger partial charge in [0.15, 0.2) is 23.0 Å². The summed E-state index contributed by atoms with van der Waals surface area (Å²) in [5.74, 6) is 1.22. The minimum atomic E-state index is -0.524. The van der Waals surface area contributed by atoms with Gasteiger partial charge in [-0.15, -0.1) is 0 Å². The number of nitrogens with one attached hydrogen (secondary N) is 1. The molecular weight excluding hydrogens is 424 g/mol. The minimum absolute atomic E-state index is 0.0269. The van der Waals surface area contributed by atoms with Gasteiger partial charge in [-0.05, 0) is 41.5 Å². The molecule has 0 aliphatic carbocycles. The third-order valence-corrected chi connectivity index (χ3v) is 4.30. The van der Waals surface area contributed by atoms with Gasteiger partial charge in [-0.3, -0.25) is 4.79 Å². The number of amides is 1. The molecule has 0 spiro atoms. The predicted octanol–water partition coefficient (Wildman–Crippen LogP) is 4.23. The summed E-state index contributed by atoms with van der Waals surface area (Å²) < 4.78 is 20.9. The molecule has 0 heterocycles. The zero-order valence-corrected chi connectivity index (χ0v) is 19.8. The van der Waals surface area contributed by atoms with Crippen molar-refractivity contribution in [3.63, 3.8) is 0 Å². The lowest BCUT2D eigenvalue weighted by atomic mass is 10.1. The molecule has 0 aliphatic rings. The van der Waals surface area contributed by atoms with Crippen molar-refractivity contribution < 1.29 is 28.8 Å². The third kappa shape index (κ3) is 7.51.